The lowest BCUT2D eigenvalue weighted by molar-refractivity contribution is -0.140. The van der Waals surface area contributed by atoms with Gasteiger partial charge in [0.25, 0.3) is 5.91 Å². The quantitative estimate of drug-likeness (QED) is 0.730. The van der Waals surface area contributed by atoms with Gasteiger partial charge in [-0.2, -0.15) is 0 Å². The number of unbranched alkanes of at least 4 members (excludes halogenated alkanes) is 1. The van der Waals surface area contributed by atoms with Gasteiger partial charge in [0, 0.05) is 24.6 Å². The van der Waals surface area contributed by atoms with E-state index in [1.807, 2.05) is 26.0 Å². The minimum Gasteiger partial charge on any atom is -0.493 e. The molecule has 1 saturated heterocycles. The van der Waals surface area contributed by atoms with Gasteiger partial charge in [0.05, 0.1) is 6.61 Å². The summed E-state index contributed by atoms with van der Waals surface area (Å²) in [6, 6.07) is 6.78. The van der Waals surface area contributed by atoms with Crippen molar-refractivity contribution in [2.45, 2.75) is 58.0 Å². The number of hydrogen-bond donors (Lipinski definition) is 1. The predicted molar refractivity (Wildman–Crippen MR) is 105 cm³/mol. The van der Waals surface area contributed by atoms with Gasteiger partial charge in [-0.3, -0.25) is 14.5 Å². The van der Waals surface area contributed by atoms with E-state index < -0.39 is 11.6 Å². The maximum atomic E-state index is 13.3. The van der Waals surface area contributed by atoms with Crippen LogP contribution in [0.2, 0.25) is 0 Å². The van der Waals surface area contributed by atoms with Crippen molar-refractivity contribution in [3.8, 4) is 5.75 Å². The van der Waals surface area contributed by atoms with E-state index >= 15 is 0 Å². The Balaban J connectivity index is 1.82. The largest absolute Gasteiger partial charge is 0.493 e. The number of hydrogen-bond acceptors (Lipinski definition) is 4. The van der Waals surface area contributed by atoms with E-state index in [-0.39, 0.29) is 24.4 Å². The SMILES string of the molecule is CCCCN(C(=O)CN1C(=O)N[C@@]2(CCOc3ccccc32)C1=O)[C@H](C)CC. The van der Waals surface area contributed by atoms with Crippen LogP contribution in [0.4, 0.5) is 4.79 Å². The summed E-state index contributed by atoms with van der Waals surface area (Å²) in [5.41, 5.74) is -0.490. The number of carbonyl (C=O) groups is 3. The smallest absolute Gasteiger partial charge is 0.325 e. The molecule has 1 aromatic carbocycles. The molecule has 1 aromatic rings. The predicted octanol–water partition coefficient (Wildman–Crippen LogP) is 2.64. The van der Waals surface area contributed by atoms with Crippen molar-refractivity contribution in [1.29, 1.82) is 0 Å². The minimum atomic E-state index is -1.14. The van der Waals surface area contributed by atoms with E-state index in [1.54, 1.807) is 17.0 Å². The Labute approximate surface area is 166 Å². The van der Waals surface area contributed by atoms with Gasteiger partial charge in [-0.05, 0) is 25.8 Å². The third-order valence-corrected chi connectivity index (χ3v) is 5.75. The highest BCUT2D eigenvalue weighted by Crippen LogP contribution is 2.40. The Hall–Kier alpha value is -2.57. The zero-order valence-electron chi connectivity index (χ0n) is 16.9. The van der Waals surface area contributed by atoms with E-state index in [9.17, 15) is 14.4 Å². The summed E-state index contributed by atoms with van der Waals surface area (Å²) >= 11 is 0. The Morgan fingerprint density at radius 2 is 2.07 bits per heavy atom. The molecule has 7 heteroatoms. The molecule has 2 aliphatic heterocycles. The second-order valence-corrected chi connectivity index (χ2v) is 7.52. The van der Waals surface area contributed by atoms with Gasteiger partial charge < -0.3 is 15.0 Å². The first-order valence-corrected chi connectivity index (χ1v) is 10.1. The van der Waals surface area contributed by atoms with Gasteiger partial charge in [0.1, 0.15) is 12.3 Å². The third kappa shape index (κ3) is 3.45. The van der Waals surface area contributed by atoms with Crippen molar-refractivity contribution >= 4 is 17.8 Å². The zero-order chi connectivity index (χ0) is 20.3. The molecule has 0 bridgehead atoms. The number of rotatable bonds is 7. The first kappa shape index (κ1) is 20.2. The lowest BCUT2D eigenvalue weighted by Crippen LogP contribution is -2.49. The molecule has 0 aromatic heterocycles. The highest BCUT2D eigenvalue weighted by molar-refractivity contribution is 6.09. The van der Waals surface area contributed by atoms with Crippen LogP contribution < -0.4 is 10.1 Å². The number of ether oxygens (including phenoxy) is 1. The van der Waals surface area contributed by atoms with Gasteiger partial charge >= 0.3 is 6.03 Å². The van der Waals surface area contributed by atoms with Crippen LogP contribution in [0.15, 0.2) is 24.3 Å². The average molecular weight is 387 g/mol. The molecular formula is C21H29N3O4. The monoisotopic (exact) mass is 387 g/mol. The van der Waals surface area contributed by atoms with Gasteiger partial charge in [-0.1, -0.05) is 38.5 Å². The normalized spacial score (nSPS) is 21.9. The van der Waals surface area contributed by atoms with Gasteiger partial charge in [0.15, 0.2) is 5.54 Å². The average Bonchev–Trinajstić information content (AvgIpc) is 2.93. The molecule has 2 atom stereocenters. The fourth-order valence-corrected chi connectivity index (χ4v) is 3.88. The molecule has 0 radical (unpaired) electrons. The number of amides is 4. The molecule has 1 spiro atoms. The molecule has 0 unspecified atom stereocenters. The van der Waals surface area contributed by atoms with E-state index in [4.69, 9.17) is 4.74 Å². The summed E-state index contributed by atoms with van der Waals surface area (Å²) in [5.74, 6) is 0.0321. The van der Waals surface area contributed by atoms with E-state index in [1.165, 1.54) is 0 Å². The van der Waals surface area contributed by atoms with Crippen LogP contribution in [-0.4, -0.2) is 53.4 Å². The fraction of sp³-hybridized carbons (Fsp3) is 0.571. The van der Waals surface area contributed by atoms with Crippen molar-refractivity contribution in [1.82, 2.24) is 15.1 Å². The van der Waals surface area contributed by atoms with Crippen LogP contribution in [0.1, 0.15) is 52.0 Å². The van der Waals surface area contributed by atoms with Crippen LogP contribution in [0.25, 0.3) is 0 Å². The molecule has 1 fully saturated rings. The van der Waals surface area contributed by atoms with Gasteiger partial charge in [-0.25, -0.2) is 4.79 Å². The van der Waals surface area contributed by atoms with Crippen LogP contribution in [0.3, 0.4) is 0 Å². The summed E-state index contributed by atoms with van der Waals surface area (Å²) in [6.45, 7) is 6.83. The second-order valence-electron chi connectivity index (χ2n) is 7.52. The summed E-state index contributed by atoms with van der Waals surface area (Å²) < 4.78 is 5.64. The van der Waals surface area contributed by atoms with E-state index in [0.717, 1.165) is 24.2 Å². The number of urea groups is 1. The molecule has 4 amide bonds. The van der Waals surface area contributed by atoms with E-state index in [0.29, 0.717) is 30.9 Å². The molecule has 7 nitrogen and oxygen atoms in total. The van der Waals surface area contributed by atoms with E-state index in [2.05, 4.69) is 12.2 Å². The van der Waals surface area contributed by atoms with Crippen LogP contribution >= 0.6 is 0 Å². The molecular weight excluding hydrogens is 358 g/mol. The highest BCUT2D eigenvalue weighted by Gasteiger charge is 2.55. The van der Waals surface area contributed by atoms with Crippen LogP contribution in [-0.2, 0) is 15.1 Å². The lowest BCUT2D eigenvalue weighted by Gasteiger charge is -2.33. The first-order chi connectivity index (χ1) is 13.4. The van der Waals surface area contributed by atoms with Crippen molar-refractivity contribution in [2.75, 3.05) is 19.7 Å². The number of imide groups is 1. The summed E-state index contributed by atoms with van der Waals surface area (Å²) in [5, 5.41) is 2.84. The maximum absolute atomic E-state index is 13.3. The van der Waals surface area contributed by atoms with Crippen LogP contribution in [0, 0.1) is 0 Å². The molecule has 0 aliphatic carbocycles. The first-order valence-electron chi connectivity index (χ1n) is 10.1. The van der Waals surface area contributed by atoms with Crippen molar-refractivity contribution in [2.24, 2.45) is 0 Å². The zero-order valence-corrected chi connectivity index (χ0v) is 16.9. The van der Waals surface area contributed by atoms with Crippen molar-refractivity contribution in [3.63, 3.8) is 0 Å². The van der Waals surface area contributed by atoms with Gasteiger partial charge in [-0.15, -0.1) is 0 Å². The molecule has 2 aliphatic rings. The fourth-order valence-electron chi connectivity index (χ4n) is 3.88. The highest BCUT2D eigenvalue weighted by atomic mass is 16.5. The topological polar surface area (TPSA) is 79.0 Å². The van der Waals surface area contributed by atoms with Gasteiger partial charge in [0.2, 0.25) is 5.91 Å². The van der Waals surface area contributed by atoms with Crippen LogP contribution in [0.5, 0.6) is 5.75 Å². The van der Waals surface area contributed by atoms with Crippen molar-refractivity contribution in [3.05, 3.63) is 29.8 Å². The molecule has 28 heavy (non-hydrogen) atoms. The minimum absolute atomic E-state index is 0.0672. The molecule has 1 N–H and O–H groups in total. The number of para-hydroxylation sites is 1. The Morgan fingerprint density at radius 1 is 1.32 bits per heavy atom. The number of fused-ring (bicyclic) bond motifs is 2. The molecule has 152 valence electrons. The standard InChI is InChI=1S/C21H29N3O4/c1-4-6-12-23(15(3)5-2)18(25)14-24-19(26)21(22-20(24)27)11-13-28-17-10-8-7-9-16(17)21/h7-10,15H,4-6,11-14H2,1-3H3,(H,22,27)/t15-,21-/m1/s1. The summed E-state index contributed by atoms with van der Waals surface area (Å²) in [7, 11) is 0. The molecule has 0 saturated carbocycles. The summed E-state index contributed by atoms with van der Waals surface area (Å²) in [6.07, 6.45) is 3.04. The van der Waals surface area contributed by atoms with Crippen molar-refractivity contribution < 1.29 is 19.1 Å². The lowest BCUT2D eigenvalue weighted by atomic mass is 9.84. The number of benzene rings is 1. The molecule has 2 heterocycles. The molecule has 3 rings (SSSR count). The Bertz CT molecular complexity index is 766. The number of carbonyl (C=O) groups excluding carboxylic acids is 3. The second kappa shape index (κ2) is 8.20. The third-order valence-electron chi connectivity index (χ3n) is 5.75. The number of nitrogens with one attached hydrogen (secondary N) is 1. The maximum Gasteiger partial charge on any atom is 0.325 e. The number of nitrogens with zero attached hydrogens (tertiary/aromatic N) is 2. The summed E-state index contributed by atoms with van der Waals surface area (Å²) in [4.78, 5) is 41.7. The Morgan fingerprint density at radius 3 is 2.79 bits per heavy atom. The Kier molecular flexibility index (Phi) is 5.91.